The van der Waals surface area contributed by atoms with Crippen LogP contribution in [-0.2, 0) is 6.18 Å². The highest BCUT2D eigenvalue weighted by Crippen LogP contribution is 2.38. The van der Waals surface area contributed by atoms with Crippen molar-refractivity contribution < 1.29 is 13.2 Å². The van der Waals surface area contributed by atoms with Gasteiger partial charge < -0.3 is 0 Å². The number of benzene rings is 1. The van der Waals surface area contributed by atoms with Gasteiger partial charge in [-0.2, -0.15) is 13.2 Å². The molecule has 0 aliphatic carbocycles. The Kier molecular flexibility index (Phi) is 2.54. The van der Waals surface area contributed by atoms with Crippen molar-refractivity contribution in [2.75, 3.05) is 0 Å². The Hall–Kier alpha value is -0.410. The average Bonchev–Trinajstić information content (AvgIpc) is 1.82. The Balaban J connectivity index is 3.31. The third-order valence-corrected chi connectivity index (χ3v) is 1.78. The lowest BCUT2D eigenvalue weighted by Gasteiger charge is -2.09. The summed E-state index contributed by atoms with van der Waals surface area (Å²) in [7, 11) is 0. The predicted molar refractivity (Wildman–Crippen MR) is 40.3 cm³/mol. The Morgan fingerprint density at radius 1 is 1.08 bits per heavy atom. The van der Waals surface area contributed by atoms with Crippen molar-refractivity contribution >= 4 is 23.2 Å². The molecule has 0 saturated carbocycles. The zero-order chi connectivity index (χ0) is 9.35. The topological polar surface area (TPSA) is 0 Å². The molecule has 65 valence electrons. The van der Waals surface area contributed by atoms with Gasteiger partial charge in [0.1, 0.15) is 0 Å². The van der Waals surface area contributed by atoms with E-state index in [4.69, 9.17) is 23.2 Å². The minimum absolute atomic E-state index is 0.435. The molecule has 0 aliphatic rings. The highest BCUT2D eigenvalue weighted by Gasteiger charge is 2.35. The van der Waals surface area contributed by atoms with E-state index in [9.17, 15) is 13.2 Å². The normalized spacial score (nSPS) is 11.8. The van der Waals surface area contributed by atoms with E-state index in [-0.39, 0.29) is 0 Å². The second-order valence-corrected chi connectivity index (χ2v) is 2.84. The minimum atomic E-state index is -4.51. The summed E-state index contributed by atoms with van der Waals surface area (Å²) >= 11 is 10.6. The van der Waals surface area contributed by atoms with Crippen LogP contribution in [0.2, 0.25) is 10.0 Å². The maximum atomic E-state index is 12.1. The van der Waals surface area contributed by atoms with E-state index >= 15 is 0 Å². The summed E-state index contributed by atoms with van der Waals surface area (Å²) in [6.45, 7) is 0. The molecule has 12 heavy (non-hydrogen) atoms. The molecule has 0 aromatic heterocycles. The predicted octanol–water partition coefficient (Wildman–Crippen LogP) is 3.81. The van der Waals surface area contributed by atoms with Crippen molar-refractivity contribution in [3.8, 4) is 0 Å². The third kappa shape index (κ3) is 1.84. The van der Waals surface area contributed by atoms with Gasteiger partial charge in [0.05, 0.1) is 15.6 Å². The summed E-state index contributed by atoms with van der Waals surface area (Å²) in [6.07, 6.45) is -4.51. The van der Waals surface area contributed by atoms with Crippen LogP contribution in [0.1, 0.15) is 5.56 Å². The first-order valence-corrected chi connectivity index (χ1v) is 3.61. The molecular formula is C7H2Cl2F3. The molecule has 0 fully saturated rings. The molecule has 1 radical (unpaired) electrons. The molecule has 0 bridgehead atoms. The Bertz CT molecular complexity index is 273. The summed E-state index contributed by atoms with van der Waals surface area (Å²) in [4.78, 5) is 0. The van der Waals surface area contributed by atoms with Crippen LogP contribution < -0.4 is 0 Å². The van der Waals surface area contributed by atoms with E-state index in [2.05, 4.69) is 6.07 Å². The molecule has 0 heterocycles. The second-order valence-electron chi connectivity index (χ2n) is 2.02. The Morgan fingerprint density at radius 3 is 1.75 bits per heavy atom. The van der Waals surface area contributed by atoms with E-state index in [1.165, 1.54) is 0 Å². The van der Waals surface area contributed by atoms with Gasteiger partial charge in [-0.25, -0.2) is 0 Å². The molecule has 1 aromatic rings. The van der Waals surface area contributed by atoms with Crippen LogP contribution in [0.4, 0.5) is 13.2 Å². The fraction of sp³-hybridized carbons (Fsp3) is 0.143. The molecular weight excluding hydrogens is 212 g/mol. The summed E-state index contributed by atoms with van der Waals surface area (Å²) in [5.41, 5.74) is -1.01. The maximum Gasteiger partial charge on any atom is 0.419 e. The smallest absolute Gasteiger partial charge is 0.166 e. The lowest BCUT2D eigenvalue weighted by molar-refractivity contribution is -0.137. The highest BCUT2D eigenvalue weighted by molar-refractivity contribution is 6.36. The molecule has 0 saturated heterocycles. The van der Waals surface area contributed by atoms with Crippen LogP contribution in [0, 0.1) is 6.07 Å². The van der Waals surface area contributed by atoms with Crippen LogP contribution >= 0.6 is 23.2 Å². The summed E-state index contributed by atoms with van der Waals surface area (Å²) in [5, 5.41) is -0.870. The number of rotatable bonds is 0. The van der Waals surface area contributed by atoms with Gasteiger partial charge in [-0.1, -0.05) is 23.2 Å². The van der Waals surface area contributed by atoms with Crippen LogP contribution in [0.15, 0.2) is 12.1 Å². The number of alkyl halides is 3. The lowest BCUT2D eigenvalue weighted by Crippen LogP contribution is -2.06. The first kappa shape index (κ1) is 9.68. The zero-order valence-corrected chi connectivity index (χ0v) is 7.06. The van der Waals surface area contributed by atoms with Gasteiger partial charge in [0.25, 0.3) is 0 Å². The maximum absolute atomic E-state index is 12.1. The standard InChI is InChI=1S/C7H2Cl2F3/c8-4-2-1-3-5(9)6(4)7(10,11)12/h2-3H. The van der Waals surface area contributed by atoms with Crippen molar-refractivity contribution in [1.29, 1.82) is 0 Å². The van der Waals surface area contributed by atoms with Gasteiger partial charge >= 0.3 is 6.18 Å². The van der Waals surface area contributed by atoms with Gasteiger partial charge in [0.2, 0.25) is 0 Å². The number of hydrogen-bond acceptors (Lipinski definition) is 0. The minimum Gasteiger partial charge on any atom is -0.166 e. The van der Waals surface area contributed by atoms with Crippen LogP contribution in [0.5, 0.6) is 0 Å². The lowest BCUT2D eigenvalue weighted by atomic mass is 10.2. The molecule has 0 unspecified atom stereocenters. The van der Waals surface area contributed by atoms with Crippen LogP contribution in [-0.4, -0.2) is 0 Å². The van der Waals surface area contributed by atoms with Crippen molar-refractivity contribution in [1.82, 2.24) is 0 Å². The summed E-state index contributed by atoms with van der Waals surface area (Å²) in [5.74, 6) is 0. The third-order valence-electron chi connectivity index (χ3n) is 1.18. The Labute approximate surface area is 76.9 Å². The largest absolute Gasteiger partial charge is 0.419 e. The van der Waals surface area contributed by atoms with Crippen molar-refractivity contribution in [2.45, 2.75) is 6.18 Å². The number of hydrogen-bond donors (Lipinski definition) is 0. The SMILES string of the molecule is FC(F)(F)c1c(Cl)c[c]cc1Cl. The molecule has 1 aromatic carbocycles. The van der Waals surface area contributed by atoms with Gasteiger partial charge in [0.15, 0.2) is 0 Å². The molecule has 0 aliphatic heterocycles. The molecule has 1 rings (SSSR count). The average molecular weight is 214 g/mol. The van der Waals surface area contributed by atoms with E-state index < -0.39 is 21.8 Å². The van der Waals surface area contributed by atoms with Crippen molar-refractivity contribution in [3.05, 3.63) is 33.8 Å². The molecule has 0 atom stereocenters. The van der Waals surface area contributed by atoms with Crippen molar-refractivity contribution in [2.24, 2.45) is 0 Å². The molecule has 0 nitrogen and oxygen atoms in total. The van der Waals surface area contributed by atoms with Gasteiger partial charge in [-0.15, -0.1) is 0 Å². The fourth-order valence-electron chi connectivity index (χ4n) is 0.717. The van der Waals surface area contributed by atoms with Crippen LogP contribution in [0.25, 0.3) is 0 Å². The molecule has 0 amide bonds. The van der Waals surface area contributed by atoms with Gasteiger partial charge in [0, 0.05) is 0 Å². The van der Waals surface area contributed by atoms with E-state index in [0.717, 1.165) is 12.1 Å². The first-order valence-electron chi connectivity index (χ1n) is 2.85. The van der Waals surface area contributed by atoms with E-state index in [1.807, 2.05) is 0 Å². The fourth-order valence-corrected chi connectivity index (χ4v) is 1.31. The van der Waals surface area contributed by atoms with E-state index in [1.54, 1.807) is 0 Å². The zero-order valence-electron chi connectivity index (χ0n) is 5.54. The van der Waals surface area contributed by atoms with Crippen molar-refractivity contribution in [3.63, 3.8) is 0 Å². The van der Waals surface area contributed by atoms with Gasteiger partial charge in [-0.05, 0) is 18.2 Å². The summed E-state index contributed by atoms with van der Waals surface area (Å²) in [6, 6.07) is 4.43. The highest BCUT2D eigenvalue weighted by atomic mass is 35.5. The quantitative estimate of drug-likeness (QED) is 0.615. The summed E-state index contributed by atoms with van der Waals surface area (Å²) < 4.78 is 36.4. The molecule has 0 N–H and O–H groups in total. The first-order chi connectivity index (χ1) is 5.43. The molecule has 0 spiro atoms. The van der Waals surface area contributed by atoms with E-state index in [0.29, 0.717) is 0 Å². The van der Waals surface area contributed by atoms with Gasteiger partial charge in [-0.3, -0.25) is 0 Å². The van der Waals surface area contributed by atoms with Crippen LogP contribution in [0.3, 0.4) is 0 Å². The monoisotopic (exact) mass is 213 g/mol. The molecule has 5 heteroatoms. The number of halogens is 5. The Morgan fingerprint density at radius 2 is 1.50 bits per heavy atom. The second kappa shape index (κ2) is 3.15.